The topological polar surface area (TPSA) is 69.6 Å². The van der Waals surface area contributed by atoms with Gasteiger partial charge in [0.1, 0.15) is 0 Å². The first-order valence-electron chi connectivity index (χ1n) is 6.71. The van der Waals surface area contributed by atoms with Gasteiger partial charge in [0, 0.05) is 13.6 Å². The molecule has 0 bridgehead atoms. The minimum absolute atomic E-state index is 0.373. The SMILES string of the molecule is CC(C)CCN(C)C(=O)N[C@@H](C(=O)O)c1ccccc1. The third-order valence-corrected chi connectivity index (χ3v) is 3.04. The molecule has 0 aliphatic carbocycles. The summed E-state index contributed by atoms with van der Waals surface area (Å²) in [6.45, 7) is 4.76. The normalized spacial score (nSPS) is 12.0. The summed E-state index contributed by atoms with van der Waals surface area (Å²) >= 11 is 0. The van der Waals surface area contributed by atoms with Crippen LogP contribution in [0.4, 0.5) is 4.79 Å². The molecule has 0 saturated carbocycles. The van der Waals surface area contributed by atoms with Crippen LogP contribution in [-0.2, 0) is 4.79 Å². The van der Waals surface area contributed by atoms with Gasteiger partial charge >= 0.3 is 12.0 Å². The molecule has 5 heteroatoms. The molecule has 1 aromatic carbocycles. The predicted octanol–water partition coefficient (Wildman–Crippen LogP) is 2.50. The standard InChI is InChI=1S/C15H22N2O3/c1-11(2)9-10-17(3)15(20)16-13(14(18)19)12-7-5-4-6-8-12/h4-8,11,13H,9-10H2,1-3H3,(H,16,20)(H,18,19)/t13-/m1/s1. The van der Waals surface area contributed by atoms with E-state index in [1.165, 1.54) is 4.90 Å². The molecule has 1 rings (SSSR count). The van der Waals surface area contributed by atoms with Crippen molar-refractivity contribution in [3.8, 4) is 0 Å². The van der Waals surface area contributed by atoms with E-state index in [0.717, 1.165) is 6.42 Å². The summed E-state index contributed by atoms with van der Waals surface area (Å²) in [5, 5.41) is 11.8. The van der Waals surface area contributed by atoms with E-state index in [2.05, 4.69) is 19.2 Å². The Labute approximate surface area is 119 Å². The summed E-state index contributed by atoms with van der Waals surface area (Å²) in [4.78, 5) is 24.8. The maximum atomic E-state index is 12.0. The van der Waals surface area contributed by atoms with Gasteiger partial charge in [0.25, 0.3) is 0 Å². The van der Waals surface area contributed by atoms with E-state index in [9.17, 15) is 14.7 Å². The van der Waals surface area contributed by atoms with Gasteiger partial charge in [-0.15, -0.1) is 0 Å². The van der Waals surface area contributed by atoms with E-state index in [4.69, 9.17) is 0 Å². The average molecular weight is 278 g/mol. The molecule has 2 amide bonds. The van der Waals surface area contributed by atoms with E-state index >= 15 is 0 Å². The number of aliphatic carboxylic acids is 1. The highest BCUT2D eigenvalue weighted by Gasteiger charge is 2.23. The largest absolute Gasteiger partial charge is 0.479 e. The number of carboxylic acids is 1. The van der Waals surface area contributed by atoms with E-state index in [0.29, 0.717) is 18.0 Å². The molecule has 0 aromatic heterocycles. The number of benzene rings is 1. The maximum absolute atomic E-state index is 12.0. The molecule has 1 aromatic rings. The molecule has 1 atom stereocenters. The van der Waals surface area contributed by atoms with Crippen molar-refractivity contribution >= 4 is 12.0 Å². The number of urea groups is 1. The lowest BCUT2D eigenvalue weighted by Gasteiger charge is -2.22. The van der Waals surface area contributed by atoms with Crippen molar-refractivity contribution in [2.24, 2.45) is 5.92 Å². The van der Waals surface area contributed by atoms with Crippen molar-refractivity contribution in [1.29, 1.82) is 0 Å². The van der Waals surface area contributed by atoms with E-state index in [1.54, 1.807) is 37.4 Å². The van der Waals surface area contributed by atoms with E-state index in [1.807, 2.05) is 0 Å². The second kappa shape index (κ2) is 7.53. The molecule has 0 aliphatic heterocycles. The van der Waals surface area contributed by atoms with Crippen molar-refractivity contribution < 1.29 is 14.7 Å². The Bertz CT molecular complexity index is 446. The van der Waals surface area contributed by atoms with Gasteiger partial charge in [-0.3, -0.25) is 0 Å². The number of nitrogens with one attached hydrogen (secondary N) is 1. The molecule has 2 N–H and O–H groups in total. The van der Waals surface area contributed by atoms with Crippen molar-refractivity contribution in [1.82, 2.24) is 10.2 Å². The smallest absolute Gasteiger partial charge is 0.330 e. The molecule has 5 nitrogen and oxygen atoms in total. The first-order chi connectivity index (χ1) is 9.41. The van der Waals surface area contributed by atoms with Gasteiger partial charge in [0.05, 0.1) is 0 Å². The zero-order chi connectivity index (χ0) is 15.1. The highest BCUT2D eigenvalue weighted by molar-refractivity contribution is 5.83. The molecule has 0 spiro atoms. The first kappa shape index (κ1) is 16.0. The van der Waals surface area contributed by atoms with Gasteiger partial charge in [-0.2, -0.15) is 0 Å². The number of rotatable bonds is 6. The number of nitrogens with zero attached hydrogens (tertiary/aromatic N) is 1. The molecule has 110 valence electrons. The number of carboxylic acid groups (broad SMARTS) is 1. The molecule has 0 fully saturated rings. The lowest BCUT2D eigenvalue weighted by atomic mass is 10.1. The van der Waals surface area contributed by atoms with Crippen molar-refractivity contribution in [2.45, 2.75) is 26.3 Å². The molecule has 0 heterocycles. The minimum Gasteiger partial charge on any atom is -0.479 e. The molecular weight excluding hydrogens is 256 g/mol. The summed E-state index contributed by atoms with van der Waals surface area (Å²) < 4.78 is 0. The Balaban J connectivity index is 2.67. The third kappa shape index (κ3) is 4.91. The summed E-state index contributed by atoms with van der Waals surface area (Å²) in [5.41, 5.74) is 0.561. The fraction of sp³-hybridized carbons (Fsp3) is 0.467. The Morgan fingerprint density at radius 1 is 1.25 bits per heavy atom. The van der Waals surface area contributed by atoms with Gasteiger partial charge < -0.3 is 15.3 Å². The summed E-state index contributed by atoms with van der Waals surface area (Å²) in [6, 6.07) is 7.28. The van der Waals surface area contributed by atoms with Crippen molar-refractivity contribution in [2.75, 3.05) is 13.6 Å². The Morgan fingerprint density at radius 3 is 2.35 bits per heavy atom. The summed E-state index contributed by atoms with van der Waals surface area (Å²) in [5.74, 6) is -0.573. The monoisotopic (exact) mass is 278 g/mol. The average Bonchev–Trinajstić information content (AvgIpc) is 2.42. The fourth-order valence-electron chi connectivity index (χ4n) is 1.72. The highest BCUT2D eigenvalue weighted by atomic mass is 16.4. The van der Waals surface area contributed by atoms with E-state index < -0.39 is 12.0 Å². The van der Waals surface area contributed by atoms with Crippen molar-refractivity contribution in [3.63, 3.8) is 0 Å². The summed E-state index contributed by atoms with van der Waals surface area (Å²) in [6.07, 6.45) is 0.882. The van der Waals surface area contributed by atoms with Crippen LogP contribution in [0.1, 0.15) is 31.9 Å². The van der Waals surface area contributed by atoms with Crippen LogP contribution < -0.4 is 5.32 Å². The first-order valence-corrected chi connectivity index (χ1v) is 6.71. The van der Waals surface area contributed by atoms with Gasteiger partial charge in [0.15, 0.2) is 6.04 Å². The number of hydrogen-bond donors (Lipinski definition) is 2. The Morgan fingerprint density at radius 2 is 1.85 bits per heavy atom. The van der Waals surface area contributed by atoms with Crippen LogP contribution in [-0.4, -0.2) is 35.6 Å². The predicted molar refractivity (Wildman–Crippen MR) is 77.4 cm³/mol. The maximum Gasteiger partial charge on any atom is 0.330 e. The number of carbonyl (C=O) groups is 2. The van der Waals surface area contributed by atoms with Gasteiger partial charge in [-0.25, -0.2) is 9.59 Å². The third-order valence-electron chi connectivity index (χ3n) is 3.04. The van der Waals surface area contributed by atoms with E-state index in [-0.39, 0.29) is 6.03 Å². The zero-order valence-corrected chi connectivity index (χ0v) is 12.2. The van der Waals surface area contributed by atoms with Crippen LogP contribution in [0.5, 0.6) is 0 Å². The van der Waals surface area contributed by atoms with Gasteiger partial charge in [-0.05, 0) is 17.9 Å². The van der Waals surface area contributed by atoms with Crippen LogP contribution >= 0.6 is 0 Å². The van der Waals surface area contributed by atoms with Crippen LogP contribution in [0.2, 0.25) is 0 Å². The minimum atomic E-state index is -1.07. The molecule has 0 saturated heterocycles. The fourth-order valence-corrected chi connectivity index (χ4v) is 1.72. The molecule has 0 unspecified atom stereocenters. The lowest BCUT2D eigenvalue weighted by molar-refractivity contribution is -0.139. The molecular formula is C15H22N2O3. The number of carbonyl (C=O) groups excluding carboxylic acids is 1. The number of hydrogen-bond acceptors (Lipinski definition) is 2. The molecule has 0 aliphatic rings. The Kier molecular flexibility index (Phi) is 6.03. The molecule has 20 heavy (non-hydrogen) atoms. The van der Waals surface area contributed by atoms with Crippen molar-refractivity contribution in [3.05, 3.63) is 35.9 Å². The quantitative estimate of drug-likeness (QED) is 0.840. The van der Waals surface area contributed by atoms with Gasteiger partial charge in [-0.1, -0.05) is 44.2 Å². The Hall–Kier alpha value is -2.04. The van der Waals surface area contributed by atoms with Gasteiger partial charge in [0.2, 0.25) is 0 Å². The van der Waals surface area contributed by atoms with Crippen LogP contribution in [0, 0.1) is 5.92 Å². The summed E-state index contributed by atoms with van der Waals surface area (Å²) in [7, 11) is 1.67. The highest BCUT2D eigenvalue weighted by Crippen LogP contribution is 2.13. The van der Waals surface area contributed by atoms with Crippen LogP contribution in [0.3, 0.4) is 0 Å². The van der Waals surface area contributed by atoms with Crippen LogP contribution in [0.15, 0.2) is 30.3 Å². The zero-order valence-electron chi connectivity index (χ0n) is 12.2. The second-order valence-corrected chi connectivity index (χ2v) is 5.24. The van der Waals surface area contributed by atoms with Crippen LogP contribution in [0.25, 0.3) is 0 Å². The second-order valence-electron chi connectivity index (χ2n) is 5.24. The number of amides is 2. The molecule has 0 radical (unpaired) electrons. The lowest BCUT2D eigenvalue weighted by Crippen LogP contribution is -2.42.